The first kappa shape index (κ1) is 31.5. The van der Waals surface area contributed by atoms with Crippen molar-refractivity contribution in [2.75, 3.05) is 19.3 Å². The maximum atomic E-state index is 14.1. The summed E-state index contributed by atoms with van der Waals surface area (Å²) in [4.78, 5) is 29.4. The van der Waals surface area contributed by atoms with Crippen molar-refractivity contribution in [2.45, 2.75) is 51.2 Å². The van der Waals surface area contributed by atoms with Gasteiger partial charge in [-0.2, -0.15) is 4.31 Å². The third-order valence-corrected chi connectivity index (χ3v) is 8.82. The van der Waals surface area contributed by atoms with Crippen LogP contribution in [-0.2, 0) is 32.7 Å². The lowest BCUT2D eigenvalue weighted by Crippen LogP contribution is -2.47. The molecule has 4 rings (SSSR count). The van der Waals surface area contributed by atoms with Crippen molar-refractivity contribution in [1.82, 2.24) is 14.5 Å². The summed E-state index contributed by atoms with van der Waals surface area (Å²) in [5.41, 5.74) is 3.51. The predicted octanol–water partition coefficient (Wildman–Crippen LogP) is 5.88. The Morgan fingerprint density at radius 3 is 2.14 bits per heavy atom. The number of allylic oxidation sites excluding steroid dienone is 1. The van der Waals surface area contributed by atoms with Crippen LogP contribution in [0.1, 0.15) is 54.8 Å². The van der Waals surface area contributed by atoms with E-state index >= 15 is 0 Å². The van der Waals surface area contributed by atoms with E-state index in [1.54, 1.807) is 24.3 Å². The molecule has 1 N–H and O–H groups in total. The Balaban J connectivity index is 1.64. The number of nitrogens with one attached hydrogen (secondary N) is 1. The van der Waals surface area contributed by atoms with E-state index in [0.717, 1.165) is 47.4 Å². The average Bonchev–Trinajstić information content (AvgIpc) is 2.98. The summed E-state index contributed by atoms with van der Waals surface area (Å²) in [7, 11) is -3.75. The van der Waals surface area contributed by atoms with Gasteiger partial charge in [0.2, 0.25) is 21.8 Å². The molecule has 9 heteroatoms. The zero-order valence-electron chi connectivity index (χ0n) is 23.9. The van der Waals surface area contributed by atoms with Gasteiger partial charge in [0.15, 0.2) is 0 Å². The van der Waals surface area contributed by atoms with Crippen LogP contribution in [0, 0.1) is 0 Å². The Hall–Kier alpha value is -3.46. The SMILES string of the molecule is CS(=O)(=O)N(CC(=O)N(Cc1ccc(Cl)cc1)[C@H](C(=O)NCCC1=CCCCC1)c1ccccc1)Cc1ccccc1. The Bertz CT molecular complexity index is 1460. The van der Waals surface area contributed by atoms with Crippen LogP contribution in [0.15, 0.2) is 96.6 Å². The van der Waals surface area contributed by atoms with Crippen LogP contribution in [0.3, 0.4) is 0 Å². The van der Waals surface area contributed by atoms with E-state index in [0.29, 0.717) is 17.1 Å². The molecule has 42 heavy (non-hydrogen) atoms. The lowest BCUT2D eigenvalue weighted by molar-refractivity contribution is -0.141. The van der Waals surface area contributed by atoms with Gasteiger partial charge in [-0.1, -0.05) is 96.0 Å². The second-order valence-corrected chi connectivity index (χ2v) is 13.0. The fourth-order valence-electron chi connectivity index (χ4n) is 5.11. The van der Waals surface area contributed by atoms with Crippen molar-refractivity contribution < 1.29 is 18.0 Å². The summed E-state index contributed by atoms with van der Waals surface area (Å²) in [6.07, 6.45) is 8.58. The highest BCUT2D eigenvalue weighted by Gasteiger charge is 2.33. The number of carbonyl (C=O) groups excluding carboxylic acids is 2. The lowest BCUT2D eigenvalue weighted by atomic mass is 9.97. The maximum Gasteiger partial charge on any atom is 0.247 e. The third-order valence-electron chi connectivity index (χ3n) is 7.37. The van der Waals surface area contributed by atoms with Crippen LogP contribution in [-0.4, -0.2) is 48.8 Å². The van der Waals surface area contributed by atoms with Crippen LogP contribution >= 0.6 is 11.6 Å². The van der Waals surface area contributed by atoms with E-state index in [9.17, 15) is 18.0 Å². The molecule has 3 aromatic carbocycles. The molecule has 7 nitrogen and oxygen atoms in total. The number of benzene rings is 3. The Morgan fingerprint density at radius 2 is 1.52 bits per heavy atom. The molecule has 0 bridgehead atoms. The quantitative estimate of drug-likeness (QED) is 0.246. The summed E-state index contributed by atoms with van der Waals surface area (Å²) in [6, 6.07) is 24.4. The third kappa shape index (κ3) is 9.28. The van der Waals surface area contributed by atoms with Crippen LogP contribution < -0.4 is 5.32 Å². The van der Waals surface area contributed by atoms with Gasteiger partial charge in [-0.15, -0.1) is 0 Å². The zero-order valence-corrected chi connectivity index (χ0v) is 25.5. The van der Waals surface area contributed by atoms with E-state index in [4.69, 9.17) is 11.6 Å². The summed E-state index contributed by atoms with van der Waals surface area (Å²) >= 11 is 6.11. The number of amides is 2. The topological polar surface area (TPSA) is 86.8 Å². The van der Waals surface area contributed by atoms with Gasteiger partial charge in [-0.3, -0.25) is 9.59 Å². The summed E-state index contributed by atoms with van der Waals surface area (Å²) in [6.45, 7) is 0.180. The van der Waals surface area contributed by atoms with Gasteiger partial charge >= 0.3 is 0 Å². The van der Waals surface area contributed by atoms with Gasteiger partial charge in [0.05, 0.1) is 12.8 Å². The number of rotatable bonds is 13. The molecular formula is C33H38ClN3O4S. The smallest absolute Gasteiger partial charge is 0.247 e. The minimum absolute atomic E-state index is 0.0392. The number of halogens is 1. The second kappa shape index (κ2) is 15.1. The lowest BCUT2D eigenvalue weighted by Gasteiger charge is -2.33. The molecule has 0 aromatic heterocycles. The standard InChI is InChI=1S/C33H38ClN3O4S/c1-42(40,41)36(23-27-13-7-3-8-14-27)25-31(38)37(24-28-17-19-30(34)20-18-28)32(29-15-9-4-10-16-29)33(39)35-22-21-26-11-5-2-6-12-26/h3-4,7-11,13-20,32H,2,5-6,12,21-25H2,1H3,(H,35,39)/t32-/m0/s1. The van der Waals surface area contributed by atoms with Gasteiger partial charge in [0.25, 0.3) is 0 Å². The molecular weight excluding hydrogens is 570 g/mol. The molecule has 1 aliphatic carbocycles. The van der Waals surface area contributed by atoms with E-state index < -0.39 is 28.5 Å². The van der Waals surface area contributed by atoms with Crippen molar-refractivity contribution in [3.05, 3.63) is 118 Å². The number of hydrogen-bond donors (Lipinski definition) is 1. The fraction of sp³-hybridized carbons (Fsp3) is 0.333. The van der Waals surface area contributed by atoms with Crippen LogP contribution in [0.5, 0.6) is 0 Å². The van der Waals surface area contributed by atoms with Crippen molar-refractivity contribution in [3.8, 4) is 0 Å². The predicted molar refractivity (Wildman–Crippen MR) is 167 cm³/mol. The number of sulfonamides is 1. The van der Waals surface area contributed by atoms with Gasteiger partial charge in [0.1, 0.15) is 6.04 Å². The van der Waals surface area contributed by atoms with Crippen LogP contribution in [0.25, 0.3) is 0 Å². The maximum absolute atomic E-state index is 14.1. The van der Waals surface area contributed by atoms with Crippen molar-refractivity contribution in [3.63, 3.8) is 0 Å². The van der Waals surface area contributed by atoms with Crippen LogP contribution in [0.4, 0.5) is 0 Å². The molecule has 2 amide bonds. The molecule has 1 atom stereocenters. The fourth-order valence-corrected chi connectivity index (χ4v) is 5.97. The van der Waals surface area contributed by atoms with Crippen LogP contribution in [0.2, 0.25) is 5.02 Å². The minimum Gasteiger partial charge on any atom is -0.354 e. The highest BCUT2D eigenvalue weighted by molar-refractivity contribution is 7.88. The number of carbonyl (C=O) groups is 2. The molecule has 0 unspecified atom stereocenters. The Labute approximate surface area is 254 Å². The summed E-state index contributed by atoms with van der Waals surface area (Å²) in [5, 5.41) is 3.61. The van der Waals surface area contributed by atoms with Crippen molar-refractivity contribution in [2.24, 2.45) is 0 Å². The highest BCUT2D eigenvalue weighted by atomic mass is 35.5. The van der Waals surface area contributed by atoms with E-state index in [1.807, 2.05) is 60.7 Å². The largest absolute Gasteiger partial charge is 0.354 e. The highest BCUT2D eigenvalue weighted by Crippen LogP contribution is 2.26. The first-order valence-corrected chi connectivity index (χ1v) is 16.5. The average molecular weight is 608 g/mol. The van der Waals surface area contributed by atoms with E-state index in [1.165, 1.54) is 16.9 Å². The zero-order chi connectivity index (χ0) is 30.0. The monoisotopic (exact) mass is 607 g/mol. The first-order chi connectivity index (χ1) is 20.2. The summed E-state index contributed by atoms with van der Waals surface area (Å²) in [5.74, 6) is -0.792. The number of nitrogens with zero attached hydrogens (tertiary/aromatic N) is 2. The molecule has 0 saturated heterocycles. The molecule has 0 radical (unpaired) electrons. The van der Waals surface area contributed by atoms with E-state index in [2.05, 4.69) is 11.4 Å². The van der Waals surface area contributed by atoms with Gasteiger partial charge in [0, 0.05) is 24.7 Å². The Kier molecular flexibility index (Phi) is 11.3. The molecule has 222 valence electrons. The van der Waals surface area contributed by atoms with Crippen molar-refractivity contribution in [1.29, 1.82) is 0 Å². The molecule has 0 heterocycles. The molecule has 0 spiro atoms. The normalized spacial score (nSPS) is 14.2. The van der Waals surface area contributed by atoms with Gasteiger partial charge in [-0.25, -0.2) is 8.42 Å². The molecule has 0 aliphatic heterocycles. The molecule has 1 aliphatic rings. The molecule has 0 fully saturated rings. The number of hydrogen-bond acceptors (Lipinski definition) is 4. The molecule has 0 saturated carbocycles. The minimum atomic E-state index is -3.75. The second-order valence-electron chi connectivity index (χ2n) is 10.6. The first-order valence-electron chi connectivity index (χ1n) is 14.2. The van der Waals surface area contributed by atoms with Gasteiger partial charge < -0.3 is 10.2 Å². The Morgan fingerprint density at radius 1 is 0.881 bits per heavy atom. The van der Waals surface area contributed by atoms with E-state index in [-0.39, 0.29) is 19.0 Å². The summed E-state index contributed by atoms with van der Waals surface area (Å²) < 4.78 is 26.8. The van der Waals surface area contributed by atoms with Crippen molar-refractivity contribution >= 4 is 33.4 Å². The molecule has 3 aromatic rings. The van der Waals surface area contributed by atoms with Gasteiger partial charge in [-0.05, 0) is 60.9 Å².